The van der Waals surface area contributed by atoms with Crippen LogP contribution in [-0.4, -0.2) is 27.2 Å². The molecule has 1 atom stereocenters. The number of nitrogens with one attached hydrogen (secondary N) is 1. The van der Waals surface area contributed by atoms with Crippen LogP contribution in [0, 0.1) is 0 Å². The average Bonchev–Trinajstić information content (AvgIpc) is 3.04. The maximum atomic E-state index is 12.4. The van der Waals surface area contributed by atoms with Gasteiger partial charge in [0.2, 0.25) is 11.7 Å². The van der Waals surface area contributed by atoms with E-state index >= 15 is 0 Å². The number of hydrogen-bond acceptors (Lipinski definition) is 5. The van der Waals surface area contributed by atoms with Gasteiger partial charge in [-0.3, -0.25) is 4.79 Å². The van der Waals surface area contributed by atoms with Crippen molar-refractivity contribution in [2.75, 3.05) is 26.6 Å². The Bertz CT molecular complexity index is 833. The van der Waals surface area contributed by atoms with Gasteiger partial charge in [-0.25, -0.2) is 0 Å². The third-order valence-corrected chi connectivity index (χ3v) is 6.52. The van der Waals surface area contributed by atoms with E-state index < -0.39 is 0 Å². The summed E-state index contributed by atoms with van der Waals surface area (Å²) in [5.41, 5.74) is 3.76. The van der Waals surface area contributed by atoms with E-state index in [1.165, 1.54) is 28.8 Å². The molecule has 1 amide bonds. The number of hydrogen-bond donors (Lipinski definition) is 1. The number of fused-ring (bicyclic) bond motifs is 3. The molecular formula is C20H23NO4S. The van der Waals surface area contributed by atoms with Crippen LogP contribution in [0.4, 0.5) is 5.00 Å². The molecule has 0 saturated carbocycles. The molecule has 5 nitrogen and oxygen atoms in total. The fourth-order valence-electron chi connectivity index (χ4n) is 4.10. The number of amides is 1. The molecule has 1 aliphatic carbocycles. The minimum absolute atomic E-state index is 0.0190. The number of ether oxygens (including phenoxy) is 3. The summed E-state index contributed by atoms with van der Waals surface area (Å²) in [6.45, 7) is 0. The first-order valence-corrected chi connectivity index (χ1v) is 9.72. The SMILES string of the molecule is COc1cc([C@H]2CC(=O)Nc3sc4c(c32)CCCC4)cc(OC)c1OC. The second kappa shape index (κ2) is 6.83. The van der Waals surface area contributed by atoms with E-state index in [1.54, 1.807) is 32.7 Å². The summed E-state index contributed by atoms with van der Waals surface area (Å²) in [5, 5.41) is 4.11. The highest BCUT2D eigenvalue weighted by Crippen LogP contribution is 2.50. The van der Waals surface area contributed by atoms with E-state index in [2.05, 4.69) is 5.32 Å². The summed E-state index contributed by atoms with van der Waals surface area (Å²) in [6, 6.07) is 3.95. The van der Waals surface area contributed by atoms with E-state index in [0.29, 0.717) is 23.7 Å². The van der Waals surface area contributed by atoms with Crippen molar-refractivity contribution in [3.05, 3.63) is 33.7 Å². The number of thiophene rings is 1. The van der Waals surface area contributed by atoms with Crippen LogP contribution in [0.3, 0.4) is 0 Å². The zero-order valence-corrected chi connectivity index (χ0v) is 16.1. The Morgan fingerprint density at radius 1 is 1.04 bits per heavy atom. The summed E-state index contributed by atoms with van der Waals surface area (Å²) >= 11 is 1.75. The van der Waals surface area contributed by atoms with E-state index in [4.69, 9.17) is 14.2 Å². The topological polar surface area (TPSA) is 56.8 Å². The van der Waals surface area contributed by atoms with Crippen molar-refractivity contribution < 1.29 is 19.0 Å². The fraction of sp³-hybridized carbons (Fsp3) is 0.450. The molecule has 2 heterocycles. The maximum absolute atomic E-state index is 12.4. The highest BCUT2D eigenvalue weighted by atomic mass is 32.1. The van der Waals surface area contributed by atoms with Crippen LogP contribution in [0.2, 0.25) is 0 Å². The Morgan fingerprint density at radius 3 is 2.38 bits per heavy atom. The molecule has 2 aromatic rings. The van der Waals surface area contributed by atoms with Crippen molar-refractivity contribution in [1.82, 2.24) is 0 Å². The molecule has 1 aromatic heterocycles. The van der Waals surface area contributed by atoms with Crippen LogP contribution in [0.15, 0.2) is 12.1 Å². The van der Waals surface area contributed by atoms with Crippen molar-refractivity contribution in [3.63, 3.8) is 0 Å². The van der Waals surface area contributed by atoms with Gasteiger partial charge in [-0.05, 0) is 54.5 Å². The van der Waals surface area contributed by atoms with Gasteiger partial charge in [0.25, 0.3) is 0 Å². The van der Waals surface area contributed by atoms with Gasteiger partial charge >= 0.3 is 0 Å². The molecule has 2 aliphatic rings. The maximum Gasteiger partial charge on any atom is 0.225 e. The highest BCUT2D eigenvalue weighted by molar-refractivity contribution is 7.16. The summed E-state index contributed by atoms with van der Waals surface area (Å²) < 4.78 is 16.5. The second-order valence-electron chi connectivity index (χ2n) is 6.72. The van der Waals surface area contributed by atoms with E-state index in [-0.39, 0.29) is 11.8 Å². The fourth-order valence-corrected chi connectivity index (χ4v) is 5.47. The number of rotatable bonds is 4. The van der Waals surface area contributed by atoms with Crippen LogP contribution < -0.4 is 19.5 Å². The first-order chi connectivity index (χ1) is 12.7. The first-order valence-electron chi connectivity index (χ1n) is 8.90. The van der Waals surface area contributed by atoms with Crippen molar-refractivity contribution in [2.24, 2.45) is 0 Å². The van der Waals surface area contributed by atoms with Crippen molar-refractivity contribution in [3.8, 4) is 17.2 Å². The lowest BCUT2D eigenvalue weighted by molar-refractivity contribution is -0.116. The third kappa shape index (κ3) is 2.72. The Labute approximate surface area is 157 Å². The smallest absolute Gasteiger partial charge is 0.225 e. The zero-order chi connectivity index (χ0) is 18.3. The lowest BCUT2D eigenvalue weighted by Gasteiger charge is -2.26. The van der Waals surface area contributed by atoms with Gasteiger partial charge in [-0.15, -0.1) is 11.3 Å². The molecule has 26 heavy (non-hydrogen) atoms. The number of carbonyl (C=O) groups excluding carboxylic acids is 1. The molecule has 0 spiro atoms. The third-order valence-electron chi connectivity index (χ3n) is 5.29. The standard InChI is InChI=1S/C20H23NO4S/c1-23-14-8-11(9-15(24-2)19(14)25-3)13-10-17(22)21-20-18(13)12-6-4-5-7-16(12)26-20/h8-9,13H,4-7,10H2,1-3H3,(H,21,22)/t13-/m1/s1. The minimum Gasteiger partial charge on any atom is -0.493 e. The Kier molecular flexibility index (Phi) is 4.53. The van der Waals surface area contributed by atoms with Crippen LogP contribution in [0.25, 0.3) is 0 Å². The van der Waals surface area contributed by atoms with Gasteiger partial charge < -0.3 is 19.5 Å². The molecular weight excluding hydrogens is 350 g/mol. The number of benzene rings is 1. The van der Waals surface area contributed by atoms with Gasteiger partial charge in [0.1, 0.15) is 0 Å². The van der Waals surface area contributed by atoms with Gasteiger partial charge in [0.15, 0.2) is 11.5 Å². The number of aryl methyl sites for hydroxylation is 1. The largest absolute Gasteiger partial charge is 0.493 e. The second-order valence-corrected chi connectivity index (χ2v) is 7.82. The van der Waals surface area contributed by atoms with Gasteiger partial charge in [-0.1, -0.05) is 0 Å². The summed E-state index contributed by atoms with van der Waals surface area (Å²) in [7, 11) is 4.83. The van der Waals surface area contributed by atoms with Crippen LogP contribution in [0.5, 0.6) is 17.2 Å². The van der Waals surface area contributed by atoms with Gasteiger partial charge in [0.05, 0.1) is 26.3 Å². The molecule has 0 saturated heterocycles. The summed E-state index contributed by atoms with van der Waals surface area (Å²) in [6.07, 6.45) is 5.10. The summed E-state index contributed by atoms with van der Waals surface area (Å²) in [4.78, 5) is 13.8. The lowest BCUT2D eigenvalue weighted by Crippen LogP contribution is -2.23. The van der Waals surface area contributed by atoms with Crippen molar-refractivity contribution >= 4 is 22.2 Å². The average molecular weight is 373 g/mol. The molecule has 0 radical (unpaired) electrons. The molecule has 0 unspecified atom stereocenters. The quantitative estimate of drug-likeness (QED) is 0.876. The molecule has 1 N–H and O–H groups in total. The van der Waals surface area contributed by atoms with Gasteiger partial charge in [0, 0.05) is 17.2 Å². The van der Waals surface area contributed by atoms with Crippen molar-refractivity contribution in [1.29, 1.82) is 0 Å². The van der Waals surface area contributed by atoms with Crippen LogP contribution in [0.1, 0.15) is 46.7 Å². The van der Waals surface area contributed by atoms with Crippen LogP contribution >= 0.6 is 11.3 Å². The molecule has 4 rings (SSSR count). The predicted molar refractivity (Wildman–Crippen MR) is 102 cm³/mol. The monoisotopic (exact) mass is 373 g/mol. The molecule has 1 aliphatic heterocycles. The van der Waals surface area contributed by atoms with E-state index in [0.717, 1.165) is 23.4 Å². The van der Waals surface area contributed by atoms with Crippen LogP contribution in [-0.2, 0) is 17.6 Å². The molecule has 138 valence electrons. The Hall–Kier alpha value is -2.21. The Balaban J connectivity index is 1.87. The molecule has 0 fully saturated rings. The number of anilines is 1. The summed E-state index contributed by atoms with van der Waals surface area (Å²) in [5.74, 6) is 1.91. The van der Waals surface area contributed by atoms with E-state index in [1.807, 2.05) is 12.1 Å². The minimum atomic E-state index is 0.0190. The molecule has 0 bridgehead atoms. The highest BCUT2D eigenvalue weighted by Gasteiger charge is 2.34. The Morgan fingerprint density at radius 2 is 1.73 bits per heavy atom. The zero-order valence-electron chi connectivity index (χ0n) is 15.3. The molecule has 6 heteroatoms. The number of methoxy groups -OCH3 is 3. The van der Waals surface area contributed by atoms with Crippen molar-refractivity contribution in [2.45, 2.75) is 38.0 Å². The molecule has 1 aromatic carbocycles. The van der Waals surface area contributed by atoms with E-state index in [9.17, 15) is 4.79 Å². The van der Waals surface area contributed by atoms with Gasteiger partial charge in [-0.2, -0.15) is 0 Å². The predicted octanol–water partition coefficient (Wildman–Crippen LogP) is 4.13. The normalized spacial score (nSPS) is 18.6. The lowest BCUT2D eigenvalue weighted by atomic mass is 9.81. The first kappa shape index (κ1) is 17.2. The number of carbonyl (C=O) groups is 1.